The molecule has 0 heterocycles. The van der Waals surface area contributed by atoms with Gasteiger partial charge in [0.2, 0.25) is 0 Å². The monoisotopic (exact) mass is 362 g/mol. The third kappa shape index (κ3) is 5.19. The minimum Gasteiger partial charge on any atom is -0.494 e. The predicted octanol–water partition coefficient (Wildman–Crippen LogP) is 3.01. The van der Waals surface area contributed by atoms with Crippen molar-refractivity contribution in [2.24, 2.45) is 0 Å². The molecule has 0 saturated carbocycles. The number of sulfone groups is 1. The fourth-order valence-electron chi connectivity index (χ4n) is 2.28. The third-order valence-electron chi connectivity index (χ3n) is 3.65. The van der Waals surface area contributed by atoms with Crippen LogP contribution in [0, 0.1) is 17.1 Å². The Bertz CT molecular complexity index is 874. The summed E-state index contributed by atoms with van der Waals surface area (Å²) in [6.45, 7) is 0.991. The van der Waals surface area contributed by atoms with Crippen molar-refractivity contribution in [1.29, 1.82) is 5.26 Å². The highest BCUT2D eigenvalue weighted by molar-refractivity contribution is 7.90. The molecule has 0 N–H and O–H groups in total. The maximum absolute atomic E-state index is 13.9. The third-order valence-corrected chi connectivity index (χ3v) is 4.77. The second kappa shape index (κ2) is 7.99. The highest BCUT2D eigenvalue weighted by atomic mass is 32.2. The van der Waals surface area contributed by atoms with Gasteiger partial charge in [0.05, 0.1) is 28.8 Å². The van der Waals surface area contributed by atoms with Crippen LogP contribution in [0.5, 0.6) is 5.75 Å². The molecule has 2 rings (SSSR count). The molecule has 0 aliphatic rings. The Kier molecular flexibility index (Phi) is 5.99. The van der Waals surface area contributed by atoms with Gasteiger partial charge in [0.15, 0.2) is 9.84 Å². The quantitative estimate of drug-likeness (QED) is 0.708. The van der Waals surface area contributed by atoms with Crippen LogP contribution < -0.4 is 9.64 Å². The summed E-state index contributed by atoms with van der Waals surface area (Å²) in [4.78, 5) is 2.00. The van der Waals surface area contributed by atoms with Gasteiger partial charge in [0.1, 0.15) is 11.6 Å². The number of hydrogen-bond acceptors (Lipinski definition) is 5. The standard InChI is InChI=1S/C18H19FN2O3S/c1-21(18-9-4-14(13-20)12-17(18)19)10-3-11-24-15-5-7-16(8-6-15)25(2,22)23/h4-9,12H,3,10-11H2,1-2H3. The number of nitrogens with zero attached hydrogens (tertiary/aromatic N) is 2. The summed E-state index contributed by atoms with van der Waals surface area (Å²) in [5.74, 6) is 0.151. The molecule has 25 heavy (non-hydrogen) atoms. The van der Waals surface area contributed by atoms with Crippen LogP contribution in [-0.2, 0) is 9.84 Å². The SMILES string of the molecule is CN(CCCOc1ccc(S(C)(=O)=O)cc1)c1ccc(C#N)cc1F. The van der Waals surface area contributed by atoms with Crippen molar-refractivity contribution in [1.82, 2.24) is 0 Å². The van der Waals surface area contributed by atoms with E-state index in [9.17, 15) is 12.8 Å². The lowest BCUT2D eigenvalue weighted by atomic mass is 10.2. The van der Waals surface area contributed by atoms with Crippen molar-refractivity contribution in [3.63, 3.8) is 0 Å². The molecule has 0 aliphatic heterocycles. The van der Waals surface area contributed by atoms with E-state index in [4.69, 9.17) is 10.00 Å². The van der Waals surface area contributed by atoms with Crippen LogP contribution in [0.1, 0.15) is 12.0 Å². The van der Waals surface area contributed by atoms with Crippen molar-refractivity contribution >= 4 is 15.5 Å². The van der Waals surface area contributed by atoms with Gasteiger partial charge in [-0.25, -0.2) is 12.8 Å². The lowest BCUT2D eigenvalue weighted by molar-refractivity contribution is 0.312. The first-order chi connectivity index (χ1) is 11.8. The van der Waals surface area contributed by atoms with Gasteiger partial charge in [-0.3, -0.25) is 0 Å². The summed E-state index contributed by atoms with van der Waals surface area (Å²) in [6.07, 6.45) is 1.81. The van der Waals surface area contributed by atoms with Crippen molar-refractivity contribution in [2.75, 3.05) is 31.4 Å². The maximum Gasteiger partial charge on any atom is 0.175 e. The Hall–Kier alpha value is -2.59. The van der Waals surface area contributed by atoms with Crippen molar-refractivity contribution < 1.29 is 17.5 Å². The summed E-state index contributed by atoms with van der Waals surface area (Å²) in [6, 6.07) is 12.5. The Balaban J connectivity index is 1.84. The first-order valence-electron chi connectivity index (χ1n) is 7.65. The van der Waals surface area contributed by atoms with Crippen LogP contribution in [0.2, 0.25) is 0 Å². The van der Waals surface area contributed by atoms with Gasteiger partial charge in [0.25, 0.3) is 0 Å². The summed E-state index contributed by atoms with van der Waals surface area (Å²) in [5, 5.41) is 8.75. The molecule has 0 fully saturated rings. The summed E-state index contributed by atoms with van der Waals surface area (Å²) in [7, 11) is -1.44. The van der Waals surface area contributed by atoms with E-state index in [1.807, 2.05) is 6.07 Å². The van der Waals surface area contributed by atoms with Crippen LogP contribution in [-0.4, -0.2) is 34.9 Å². The van der Waals surface area contributed by atoms with Crippen LogP contribution in [0.15, 0.2) is 47.4 Å². The second-order valence-electron chi connectivity index (χ2n) is 5.65. The molecule has 0 amide bonds. The highest BCUT2D eigenvalue weighted by Gasteiger charge is 2.09. The summed E-state index contributed by atoms with van der Waals surface area (Å²) in [5.41, 5.74) is 0.715. The molecule has 0 bridgehead atoms. The van der Waals surface area contributed by atoms with E-state index in [2.05, 4.69) is 0 Å². The van der Waals surface area contributed by atoms with Gasteiger partial charge < -0.3 is 9.64 Å². The van der Waals surface area contributed by atoms with Gasteiger partial charge in [-0.1, -0.05) is 0 Å². The molecule has 0 aromatic heterocycles. The number of anilines is 1. The number of hydrogen-bond donors (Lipinski definition) is 0. The first-order valence-corrected chi connectivity index (χ1v) is 9.54. The minimum absolute atomic E-state index is 0.246. The van der Waals surface area contributed by atoms with E-state index in [0.29, 0.717) is 31.0 Å². The van der Waals surface area contributed by atoms with Crippen LogP contribution in [0.3, 0.4) is 0 Å². The van der Waals surface area contributed by atoms with E-state index in [1.165, 1.54) is 18.2 Å². The minimum atomic E-state index is -3.21. The fourth-order valence-corrected chi connectivity index (χ4v) is 2.91. The van der Waals surface area contributed by atoms with E-state index in [-0.39, 0.29) is 10.5 Å². The maximum atomic E-state index is 13.9. The van der Waals surface area contributed by atoms with E-state index in [1.54, 1.807) is 36.2 Å². The molecule has 7 heteroatoms. The van der Waals surface area contributed by atoms with E-state index < -0.39 is 15.7 Å². The van der Waals surface area contributed by atoms with Gasteiger partial charge >= 0.3 is 0 Å². The molecule has 2 aromatic carbocycles. The number of nitriles is 1. The molecule has 0 aliphatic carbocycles. The molecule has 0 radical (unpaired) electrons. The Morgan fingerprint density at radius 2 is 1.88 bits per heavy atom. The molecule has 0 spiro atoms. The highest BCUT2D eigenvalue weighted by Crippen LogP contribution is 2.20. The number of benzene rings is 2. The fraction of sp³-hybridized carbons (Fsp3) is 0.278. The molecular weight excluding hydrogens is 343 g/mol. The second-order valence-corrected chi connectivity index (χ2v) is 7.66. The Labute approximate surface area is 147 Å². The normalized spacial score (nSPS) is 11.0. The molecule has 0 unspecified atom stereocenters. The molecular formula is C18H19FN2O3S. The van der Waals surface area contributed by atoms with Gasteiger partial charge in [-0.2, -0.15) is 5.26 Å². The van der Waals surface area contributed by atoms with Gasteiger partial charge in [-0.05, 0) is 48.9 Å². The summed E-state index contributed by atoms with van der Waals surface area (Å²) < 4.78 is 42.3. The van der Waals surface area contributed by atoms with Gasteiger partial charge in [-0.15, -0.1) is 0 Å². The van der Waals surface area contributed by atoms with Crippen molar-refractivity contribution in [3.05, 3.63) is 53.8 Å². The molecule has 5 nitrogen and oxygen atoms in total. The lowest BCUT2D eigenvalue weighted by Gasteiger charge is -2.20. The first kappa shape index (κ1) is 18.7. The zero-order chi connectivity index (χ0) is 18.4. The predicted molar refractivity (Wildman–Crippen MR) is 94.0 cm³/mol. The Morgan fingerprint density at radius 1 is 1.20 bits per heavy atom. The van der Waals surface area contributed by atoms with Crippen LogP contribution >= 0.6 is 0 Å². The average molecular weight is 362 g/mol. The van der Waals surface area contributed by atoms with Gasteiger partial charge in [0, 0.05) is 19.8 Å². The van der Waals surface area contributed by atoms with Crippen molar-refractivity contribution in [3.8, 4) is 11.8 Å². The lowest BCUT2D eigenvalue weighted by Crippen LogP contribution is -2.21. The van der Waals surface area contributed by atoms with E-state index in [0.717, 1.165) is 6.26 Å². The zero-order valence-electron chi connectivity index (χ0n) is 14.1. The molecule has 0 saturated heterocycles. The number of halogens is 1. The molecule has 0 atom stereocenters. The zero-order valence-corrected chi connectivity index (χ0v) is 14.9. The number of ether oxygens (including phenoxy) is 1. The average Bonchev–Trinajstić information content (AvgIpc) is 2.58. The van der Waals surface area contributed by atoms with Crippen LogP contribution in [0.4, 0.5) is 10.1 Å². The summed E-state index contributed by atoms with van der Waals surface area (Å²) >= 11 is 0. The van der Waals surface area contributed by atoms with Crippen molar-refractivity contribution in [2.45, 2.75) is 11.3 Å². The van der Waals surface area contributed by atoms with Crippen LogP contribution in [0.25, 0.3) is 0 Å². The number of rotatable bonds is 7. The largest absolute Gasteiger partial charge is 0.494 e. The van der Waals surface area contributed by atoms with E-state index >= 15 is 0 Å². The molecule has 2 aromatic rings. The topological polar surface area (TPSA) is 70.4 Å². The molecule has 132 valence electrons. The smallest absolute Gasteiger partial charge is 0.175 e. The Morgan fingerprint density at radius 3 is 2.44 bits per heavy atom.